The molecule has 12 heteroatoms. The van der Waals surface area contributed by atoms with Crippen LogP contribution in [-0.2, 0) is 27.2 Å². The van der Waals surface area contributed by atoms with Crippen molar-refractivity contribution in [2.24, 2.45) is 5.92 Å². The van der Waals surface area contributed by atoms with Gasteiger partial charge in [0.05, 0.1) is 26.2 Å². The molecule has 0 aliphatic heterocycles. The van der Waals surface area contributed by atoms with Gasteiger partial charge in [-0.25, -0.2) is 4.39 Å². The molecule has 0 spiro atoms. The Kier molecular flexibility index (Phi) is 14.7. The number of rotatable bonds is 20. The molecule has 5 N–H and O–H groups in total. The maximum absolute atomic E-state index is 13.3. The summed E-state index contributed by atoms with van der Waals surface area (Å²) in [4.78, 5) is 26.2. The van der Waals surface area contributed by atoms with Gasteiger partial charge in [0.25, 0.3) is 0 Å². The van der Waals surface area contributed by atoms with Crippen LogP contribution in [0.5, 0.6) is 0 Å². The number of halogens is 1. The Morgan fingerprint density at radius 2 is 1.47 bits per heavy atom. The van der Waals surface area contributed by atoms with E-state index in [-0.39, 0.29) is 11.7 Å². The predicted molar refractivity (Wildman–Crippen MR) is 175 cm³/mol. The molecule has 0 radical (unpaired) electrons. The number of likely N-dealkylation sites (N-methyl/N-ethyl adjacent to an activating group) is 1. The van der Waals surface area contributed by atoms with E-state index in [1.165, 1.54) is 44.2 Å². The fraction of sp³-hybridized carbons (Fsp3) is 0.515. The lowest BCUT2D eigenvalue weighted by molar-refractivity contribution is -0.120. The van der Waals surface area contributed by atoms with Crippen LogP contribution in [0.3, 0.4) is 0 Å². The van der Waals surface area contributed by atoms with Gasteiger partial charge in [-0.3, -0.25) is 4.79 Å². The highest BCUT2D eigenvalue weighted by Gasteiger charge is 2.15. The van der Waals surface area contributed by atoms with Crippen molar-refractivity contribution in [3.05, 3.63) is 65.5 Å². The van der Waals surface area contributed by atoms with E-state index in [2.05, 4.69) is 41.5 Å². The van der Waals surface area contributed by atoms with Crippen LogP contribution in [0.2, 0.25) is 0 Å². The molecule has 4 rings (SSSR count). The van der Waals surface area contributed by atoms with Gasteiger partial charge in [-0.1, -0.05) is 43.5 Å². The minimum atomic E-state index is -0.273. The lowest BCUT2D eigenvalue weighted by Gasteiger charge is -2.21. The summed E-state index contributed by atoms with van der Waals surface area (Å²) in [7, 11) is 1.89. The fourth-order valence-electron chi connectivity index (χ4n) is 4.98. The normalized spacial score (nSPS) is 13.4. The summed E-state index contributed by atoms with van der Waals surface area (Å²) in [6, 6.07) is 14.0. The average Bonchev–Trinajstić information content (AvgIpc) is 3.06. The molecule has 0 atom stereocenters. The van der Waals surface area contributed by atoms with Crippen molar-refractivity contribution < 1.29 is 18.7 Å². The number of aromatic nitrogens is 3. The standard InChI is InChI=1S/C33H47FN8O3/c1-35-17-19-45-21-20-44-18-5-16-36-30(43)22-25-10-14-29(15-11-25)39-33-41-31(37-23-26-6-3-2-4-7-26)40-32(42-33)38-24-27-8-12-28(34)13-9-27/h8-15,26,35H,2-7,16-24H2,1H3,(H,36,43)(H3,37,38,39,40,41,42). The van der Waals surface area contributed by atoms with E-state index in [4.69, 9.17) is 9.47 Å². The van der Waals surface area contributed by atoms with Crippen molar-refractivity contribution in [1.82, 2.24) is 25.6 Å². The first-order valence-corrected chi connectivity index (χ1v) is 16.0. The summed E-state index contributed by atoms with van der Waals surface area (Å²) in [6.07, 6.45) is 7.30. The summed E-state index contributed by atoms with van der Waals surface area (Å²) in [5.41, 5.74) is 2.61. The Hall–Kier alpha value is -3.87. The van der Waals surface area contributed by atoms with Gasteiger partial charge in [-0.05, 0) is 67.6 Å². The van der Waals surface area contributed by atoms with Crippen LogP contribution in [0, 0.1) is 11.7 Å². The first kappa shape index (κ1) is 34.0. The zero-order valence-electron chi connectivity index (χ0n) is 26.2. The van der Waals surface area contributed by atoms with Crippen LogP contribution in [0.15, 0.2) is 48.5 Å². The van der Waals surface area contributed by atoms with Crippen molar-refractivity contribution in [2.45, 2.75) is 51.5 Å². The van der Waals surface area contributed by atoms with E-state index in [1.807, 2.05) is 31.3 Å². The zero-order chi connectivity index (χ0) is 31.5. The third-order valence-electron chi connectivity index (χ3n) is 7.50. The van der Waals surface area contributed by atoms with Gasteiger partial charge in [0, 0.05) is 38.5 Å². The summed E-state index contributed by atoms with van der Waals surface area (Å²) in [6.45, 7) is 5.01. The third kappa shape index (κ3) is 13.3. The quantitative estimate of drug-likeness (QED) is 0.113. The second-order valence-electron chi connectivity index (χ2n) is 11.2. The number of benzene rings is 2. The Morgan fingerprint density at radius 1 is 0.800 bits per heavy atom. The number of ether oxygens (including phenoxy) is 2. The van der Waals surface area contributed by atoms with Crippen LogP contribution >= 0.6 is 0 Å². The minimum absolute atomic E-state index is 0.0332. The number of hydrogen-bond donors (Lipinski definition) is 5. The second-order valence-corrected chi connectivity index (χ2v) is 11.2. The van der Waals surface area contributed by atoms with Crippen molar-refractivity contribution in [1.29, 1.82) is 0 Å². The fourth-order valence-corrected chi connectivity index (χ4v) is 4.98. The predicted octanol–water partition coefficient (Wildman–Crippen LogP) is 4.66. The maximum Gasteiger partial charge on any atom is 0.233 e. The monoisotopic (exact) mass is 622 g/mol. The number of carbonyl (C=O) groups is 1. The highest BCUT2D eigenvalue weighted by Crippen LogP contribution is 2.24. The van der Waals surface area contributed by atoms with E-state index in [9.17, 15) is 9.18 Å². The summed E-state index contributed by atoms with van der Waals surface area (Å²) >= 11 is 0. The molecule has 3 aromatic rings. The van der Waals surface area contributed by atoms with Gasteiger partial charge >= 0.3 is 0 Å². The molecule has 11 nitrogen and oxygen atoms in total. The van der Waals surface area contributed by atoms with Gasteiger partial charge in [0.15, 0.2) is 0 Å². The van der Waals surface area contributed by atoms with Crippen molar-refractivity contribution >= 4 is 29.4 Å². The molecular formula is C33H47FN8O3. The van der Waals surface area contributed by atoms with Gasteiger partial charge in [0.2, 0.25) is 23.8 Å². The lowest BCUT2D eigenvalue weighted by atomic mass is 9.89. The largest absolute Gasteiger partial charge is 0.379 e. The smallest absolute Gasteiger partial charge is 0.233 e. The molecule has 0 saturated heterocycles. The molecule has 1 heterocycles. The minimum Gasteiger partial charge on any atom is -0.379 e. The number of carbonyl (C=O) groups excluding carboxylic acids is 1. The van der Waals surface area contributed by atoms with Crippen molar-refractivity contribution in [3.63, 3.8) is 0 Å². The number of nitrogens with zero attached hydrogens (tertiary/aromatic N) is 3. The molecular weight excluding hydrogens is 575 g/mol. The van der Waals surface area contributed by atoms with E-state index < -0.39 is 0 Å². The average molecular weight is 623 g/mol. The van der Waals surface area contributed by atoms with Gasteiger partial charge < -0.3 is 36.1 Å². The highest BCUT2D eigenvalue weighted by molar-refractivity contribution is 5.78. The molecule has 1 amide bonds. The van der Waals surface area contributed by atoms with Crippen LogP contribution in [-0.4, -0.2) is 74.0 Å². The molecule has 0 bridgehead atoms. The van der Waals surface area contributed by atoms with E-state index in [0.29, 0.717) is 69.7 Å². The van der Waals surface area contributed by atoms with E-state index >= 15 is 0 Å². The van der Waals surface area contributed by atoms with E-state index in [1.54, 1.807) is 12.1 Å². The van der Waals surface area contributed by atoms with Crippen LogP contribution in [0.1, 0.15) is 49.7 Å². The Labute approximate surface area is 265 Å². The van der Waals surface area contributed by atoms with Gasteiger partial charge in [0.1, 0.15) is 5.82 Å². The molecule has 45 heavy (non-hydrogen) atoms. The lowest BCUT2D eigenvalue weighted by Crippen LogP contribution is -2.27. The number of anilines is 4. The van der Waals surface area contributed by atoms with Crippen LogP contribution < -0.4 is 26.6 Å². The Morgan fingerprint density at radius 3 is 2.20 bits per heavy atom. The first-order chi connectivity index (χ1) is 22.1. The first-order valence-electron chi connectivity index (χ1n) is 16.0. The van der Waals surface area contributed by atoms with Gasteiger partial charge in [-0.15, -0.1) is 0 Å². The summed E-state index contributed by atoms with van der Waals surface area (Å²) in [5.74, 6) is 1.61. The number of hydrogen-bond acceptors (Lipinski definition) is 10. The molecule has 1 aliphatic carbocycles. The summed E-state index contributed by atoms with van der Waals surface area (Å²) < 4.78 is 24.3. The van der Waals surface area contributed by atoms with Gasteiger partial charge in [-0.2, -0.15) is 15.0 Å². The van der Waals surface area contributed by atoms with E-state index in [0.717, 1.165) is 36.3 Å². The molecule has 1 aromatic heterocycles. The Bertz CT molecular complexity index is 1270. The highest BCUT2D eigenvalue weighted by atomic mass is 19.1. The summed E-state index contributed by atoms with van der Waals surface area (Å²) in [5, 5.41) is 15.9. The molecule has 244 valence electrons. The van der Waals surface area contributed by atoms with Crippen molar-refractivity contribution in [3.8, 4) is 0 Å². The molecule has 1 saturated carbocycles. The van der Waals surface area contributed by atoms with Crippen molar-refractivity contribution in [2.75, 3.05) is 69.1 Å². The molecule has 2 aromatic carbocycles. The Balaban J connectivity index is 1.25. The maximum atomic E-state index is 13.3. The molecule has 0 unspecified atom stereocenters. The van der Waals surface area contributed by atoms with Crippen LogP contribution in [0.4, 0.5) is 27.9 Å². The SMILES string of the molecule is CNCCOCCOCCCNC(=O)Cc1ccc(Nc2nc(NCc3ccc(F)cc3)nc(NCC3CCCCC3)n2)cc1. The number of nitrogens with one attached hydrogen (secondary N) is 5. The molecule has 1 aliphatic rings. The molecule has 1 fully saturated rings. The third-order valence-corrected chi connectivity index (χ3v) is 7.50. The topological polar surface area (TPSA) is 134 Å². The van der Waals surface area contributed by atoms with Crippen LogP contribution in [0.25, 0.3) is 0 Å². The number of amides is 1. The zero-order valence-corrected chi connectivity index (χ0v) is 26.2. The second kappa shape index (κ2) is 19.5.